The standard InChI is InChI=1S/C14H20N2O4/c17-13(18)14(2-4-15-5-3-14)8-11-7-12(16-20-11)10-1-6-19-9-10/h7,10,15H,1-6,8-9H2,(H,17,18)/t10-/m1/s1. The molecular formula is C14H20N2O4. The molecule has 2 saturated heterocycles. The zero-order valence-electron chi connectivity index (χ0n) is 11.4. The van der Waals surface area contributed by atoms with E-state index in [-0.39, 0.29) is 0 Å². The van der Waals surface area contributed by atoms with E-state index in [1.54, 1.807) is 0 Å². The van der Waals surface area contributed by atoms with Crippen LogP contribution in [0.2, 0.25) is 0 Å². The molecule has 0 saturated carbocycles. The van der Waals surface area contributed by atoms with E-state index in [1.165, 1.54) is 0 Å². The molecule has 0 spiro atoms. The fourth-order valence-electron chi connectivity index (χ4n) is 3.08. The highest BCUT2D eigenvalue weighted by Gasteiger charge is 2.41. The fourth-order valence-corrected chi connectivity index (χ4v) is 3.08. The Bertz CT molecular complexity index is 473. The van der Waals surface area contributed by atoms with Gasteiger partial charge in [-0.3, -0.25) is 4.79 Å². The maximum absolute atomic E-state index is 11.6. The molecule has 0 radical (unpaired) electrons. The number of nitrogens with one attached hydrogen (secondary N) is 1. The highest BCUT2D eigenvalue weighted by Crippen LogP contribution is 2.34. The third-order valence-electron chi connectivity index (χ3n) is 4.45. The smallest absolute Gasteiger partial charge is 0.310 e. The summed E-state index contributed by atoms with van der Waals surface area (Å²) in [5.41, 5.74) is 0.181. The Morgan fingerprint density at radius 1 is 1.50 bits per heavy atom. The molecule has 0 bridgehead atoms. The van der Waals surface area contributed by atoms with Gasteiger partial charge in [0.2, 0.25) is 0 Å². The van der Waals surface area contributed by atoms with E-state index in [2.05, 4.69) is 10.5 Å². The summed E-state index contributed by atoms with van der Waals surface area (Å²) >= 11 is 0. The molecule has 110 valence electrons. The summed E-state index contributed by atoms with van der Waals surface area (Å²) in [6.45, 7) is 2.92. The number of carbonyl (C=O) groups is 1. The minimum Gasteiger partial charge on any atom is -0.481 e. The zero-order valence-corrected chi connectivity index (χ0v) is 11.4. The highest BCUT2D eigenvalue weighted by atomic mass is 16.5. The minimum absolute atomic E-state index is 0.293. The van der Waals surface area contributed by atoms with Crippen molar-refractivity contribution in [2.45, 2.75) is 31.6 Å². The Labute approximate surface area is 117 Å². The summed E-state index contributed by atoms with van der Waals surface area (Å²) in [5, 5.41) is 16.9. The Kier molecular flexibility index (Phi) is 3.76. The lowest BCUT2D eigenvalue weighted by molar-refractivity contribution is -0.150. The highest BCUT2D eigenvalue weighted by molar-refractivity contribution is 5.75. The predicted octanol–water partition coefficient (Wildman–Crippen LogP) is 1.18. The minimum atomic E-state index is -0.735. The van der Waals surface area contributed by atoms with Crippen molar-refractivity contribution < 1.29 is 19.2 Å². The molecule has 3 rings (SSSR count). The van der Waals surface area contributed by atoms with Gasteiger partial charge in [0.05, 0.1) is 17.7 Å². The number of hydrogen-bond donors (Lipinski definition) is 2. The summed E-state index contributed by atoms with van der Waals surface area (Å²) in [6.07, 6.45) is 2.64. The molecule has 6 nitrogen and oxygen atoms in total. The van der Waals surface area contributed by atoms with Crippen molar-refractivity contribution in [3.05, 3.63) is 17.5 Å². The van der Waals surface area contributed by atoms with E-state index in [0.717, 1.165) is 31.8 Å². The van der Waals surface area contributed by atoms with Crippen molar-refractivity contribution in [2.24, 2.45) is 5.41 Å². The zero-order chi connectivity index (χ0) is 14.0. The molecule has 0 aromatic carbocycles. The second-order valence-corrected chi connectivity index (χ2v) is 5.79. The van der Waals surface area contributed by atoms with E-state index < -0.39 is 11.4 Å². The number of rotatable bonds is 4. The molecule has 2 fully saturated rings. The lowest BCUT2D eigenvalue weighted by Crippen LogP contribution is -2.43. The van der Waals surface area contributed by atoms with Crippen LogP contribution in [0.3, 0.4) is 0 Å². The van der Waals surface area contributed by atoms with Crippen LogP contribution in [-0.2, 0) is 16.0 Å². The van der Waals surface area contributed by atoms with Crippen LogP contribution in [0.15, 0.2) is 10.6 Å². The molecule has 1 aromatic heterocycles. The van der Waals surface area contributed by atoms with Gasteiger partial charge in [-0.15, -0.1) is 0 Å². The van der Waals surface area contributed by atoms with Crippen LogP contribution in [0.5, 0.6) is 0 Å². The summed E-state index contributed by atoms with van der Waals surface area (Å²) in [7, 11) is 0. The second kappa shape index (κ2) is 5.54. The van der Waals surface area contributed by atoms with Crippen molar-refractivity contribution >= 4 is 5.97 Å². The maximum Gasteiger partial charge on any atom is 0.310 e. The van der Waals surface area contributed by atoms with E-state index >= 15 is 0 Å². The van der Waals surface area contributed by atoms with Gasteiger partial charge in [-0.05, 0) is 32.4 Å². The summed E-state index contributed by atoms with van der Waals surface area (Å²) in [5.74, 6) is 0.235. The summed E-state index contributed by atoms with van der Waals surface area (Å²) in [6, 6.07) is 1.91. The van der Waals surface area contributed by atoms with Gasteiger partial charge in [0.1, 0.15) is 5.76 Å². The molecule has 1 atom stereocenters. The van der Waals surface area contributed by atoms with E-state index in [0.29, 0.717) is 37.5 Å². The quantitative estimate of drug-likeness (QED) is 0.861. The first-order chi connectivity index (χ1) is 9.70. The fraction of sp³-hybridized carbons (Fsp3) is 0.714. The Balaban J connectivity index is 1.73. The van der Waals surface area contributed by atoms with E-state index in [4.69, 9.17) is 9.26 Å². The van der Waals surface area contributed by atoms with Gasteiger partial charge >= 0.3 is 5.97 Å². The lowest BCUT2D eigenvalue weighted by Gasteiger charge is -2.32. The lowest BCUT2D eigenvalue weighted by atomic mass is 9.75. The van der Waals surface area contributed by atoms with Crippen LogP contribution in [0.4, 0.5) is 0 Å². The molecule has 6 heteroatoms. The van der Waals surface area contributed by atoms with Gasteiger partial charge in [0.15, 0.2) is 0 Å². The third kappa shape index (κ3) is 2.58. The monoisotopic (exact) mass is 280 g/mol. The van der Waals surface area contributed by atoms with Gasteiger partial charge in [-0.25, -0.2) is 0 Å². The molecular weight excluding hydrogens is 260 g/mol. The molecule has 1 aromatic rings. The van der Waals surface area contributed by atoms with E-state index in [1.807, 2.05) is 6.07 Å². The topological polar surface area (TPSA) is 84.6 Å². The number of carboxylic acids is 1. The normalized spacial score (nSPS) is 25.7. The molecule has 2 aliphatic heterocycles. The number of hydrogen-bond acceptors (Lipinski definition) is 5. The number of aliphatic carboxylic acids is 1. The van der Waals surface area contributed by atoms with Gasteiger partial charge in [-0.1, -0.05) is 5.16 Å². The van der Waals surface area contributed by atoms with Crippen LogP contribution in [-0.4, -0.2) is 42.5 Å². The van der Waals surface area contributed by atoms with E-state index in [9.17, 15) is 9.90 Å². The van der Waals surface area contributed by atoms with Crippen LogP contribution in [0.1, 0.15) is 36.6 Å². The van der Waals surface area contributed by atoms with Gasteiger partial charge < -0.3 is 19.7 Å². The first kappa shape index (κ1) is 13.6. The van der Waals surface area contributed by atoms with Gasteiger partial charge in [0.25, 0.3) is 0 Å². The Morgan fingerprint density at radius 2 is 2.30 bits per heavy atom. The first-order valence-electron chi connectivity index (χ1n) is 7.17. The summed E-state index contributed by atoms with van der Waals surface area (Å²) in [4.78, 5) is 11.6. The number of piperidine rings is 1. The summed E-state index contributed by atoms with van der Waals surface area (Å²) < 4.78 is 10.7. The molecule has 3 heterocycles. The SMILES string of the molecule is O=C(O)C1(Cc2cc([C@@H]3CCOC3)no2)CCNCC1. The van der Waals surface area contributed by atoms with Crippen molar-refractivity contribution in [3.63, 3.8) is 0 Å². The first-order valence-corrected chi connectivity index (χ1v) is 7.17. The van der Waals surface area contributed by atoms with Crippen LogP contribution in [0, 0.1) is 5.41 Å². The van der Waals surface area contributed by atoms with Gasteiger partial charge in [-0.2, -0.15) is 0 Å². The van der Waals surface area contributed by atoms with Crippen molar-refractivity contribution in [1.82, 2.24) is 10.5 Å². The predicted molar refractivity (Wildman–Crippen MR) is 70.6 cm³/mol. The average Bonchev–Trinajstić information content (AvgIpc) is 3.10. The van der Waals surface area contributed by atoms with Crippen LogP contribution < -0.4 is 5.32 Å². The van der Waals surface area contributed by atoms with Crippen molar-refractivity contribution in [2.75, 3.05) is 26.3 Å². The Morgan fingerprint density at radius 3 is 2.95 bits per heavy atom. The number of aromatic nitrogens is 1. The molecule has 0 amide bonds. The Hall–Kier alpha value is -1.40. The van der Waals surface area contributed by atoms with Crippen LogP contribution >= 0.6 is 0 Å². The van der Waals surface area contributed by atoms with Gasteiger partial charge in [0, 0.05) is 25.0 Å². The van der Waals surface area contributed by atoms with Crippen molar-refractivity contribution in [3.8, 4) is 0 Å². The molecule has 2 N–H and O–H groups in total. The third-order valence-corrected chi connectivity index (χ3v) is 4.45. The number of carboxylic acid groups (broad SMARTS) is 1. The number of ether oxygens (including phenoxy) is 1. The average molecular weight is 280 g/mol. The molecule has 0 aliphatic carbocycles. The molecule has 0 unspecified atom stereocenters. The van der Waals surface area contributed by atoms with Crippen LogP contribution in [0.25, 0.3) is 0 Å². The largest absolute Gasteiger partial charge is 0.481 e. The molecule has 20 heavy (non-hydrogen) atoms. The van der Waals surface area contributed by atoms with Crippen molar-refractivity contribution in [1.29, 1.82) is 0 Å². The molecule has 2 aliphatic rings. The number of nitrogens with zero attached hydrogens (tertiary/aromatic N) is 1. The maximum atomic E-state index is 11.6. The second-order valence-electron chi connectivity index (χ2n) is 5.79.